The SMILES string of the molecule is C[C@H](O)[C@H](C(=O)O)N1CCc2c1ccc(C#N)c2Cl. The lowest BCUT2D eigenvalue weighted by molar-refractivity contribution is -0.141. The zero-order chi connectivity index (χ0) is 14.2. The van der Waals surface area contributed by atoms with E-state index in [0.29, 0.717) is 29.2 Å². The largest absolute Gasteiger partial charge is 0.480 e. The van der Waals surface area contributed by atoms with Crippen molar-refractivity contribution in [1.29, 1.82) is 5.26 Å². The number of carbonyl (C=O) groups is 1. The van der Waals surface area contributed by atoms with E-state index < -0.39 is 18.1 Å². The quantitative estimate of drug-likeness (QED) is 0.874. The molecule has 5 nitrogen and oxygen atoms in total. The number of anilines is 1. The van der Waals surface area contributed by atoms with Crippen molar-refractivity contribution < 1.29 is 15.0 Å². The molecule has 0 aromatic heterocycles. The number of aliphatic hydroxyl groups is 1. The standard InChI is InChI=1S/C13H13ClN2O3/c1-7(17)12(13(18)19)16-5-4-9-10(16)3-2-8(6-15)11(9)14/h2-3,7,12,17H,4-5H2,1H3,(H,18,19)/t7-,12+/m0/s1. The van der Waals surface area contributed by atoms with Gasteiger partial charge in [-0.1, -0.05) is 11.6 Å². The average Bonchev–Trinajstić information content (AvgIpc) is 2.74. The summed E-state index contributed by atoms with van der Waals surface area (Å²) in [5.41, 5.74) is 1.83. The van der Waals surface area contributed by atoms with Crippen molar-refractivity contribution >= 4 is 23.3 Å². The van der Waals surface area contributed by atoms with Gasteiger partial charge in [-0.25, -0.2) is 4.79 Å². The Labute approximate surface area is 115 Å². The van der Waals surface area contributed by atoms with Crippen molar-refractivity contribution in [2.45, 2.75) is 25.5 Å². The van der Waals surface area contributed by atoms with Crippen LogP contribution in [0.25, 0.3) is 0 Å². The van der Waals surface area contributed by atoms with E-state index in [2.05, 4.69) is 0 Å². The van der Waals surface area contributed by atoms with Gasteiger partial charge in [0.05, 0.1) is 16.7 Å². The van der Waals surface area contributed by atoms with Crippen LogP contribution in [0.15, 0.2) is 12.1 Å². The highest BCUT2D eigenvalue weighted by Gasteiger charge is 2.35. The first kappa shape index (κ1) is 13.7. The van der Waals surface area contributed by atoms with Crippen molar-refractivity contribution in [1.82, 2.24) is 0 Å². The van der Waals surface area contributed by atoms with Gasteiger partial charge in [-0.2, -0.15) is 5.26 Å². The van der Waals surface area contributed by atoms with Gasteiger partial charge in [-0.05, 0) is 31.0 Å². The molecule has 2 rings (SSSR count). The van der Waals surface area contributed by atoms with Gasteiger partial charge in [0.25, 0.3) is 0 Å². The summed E-state index contributed by atoms with van der Waals surface area (Å²) in [5.74, 6) is -1.08. The van der Waals surface area contributed by atoms with Crippen molar-refractivity contribution in [3.63, 3.8) is 0 Å². The first-order valence-electron chi connectivity index (χ1n) is 5.86. The summed E-state index contributed by atoms with van der Waals surface area (Å²) in [5, 5.41) is 28.1. The first-order valence-corrected chi connectivity index (χ1v) is 6.24. The van der Waals surface area contributed by atoms with Crippen LogP contribution in [0.5, 0.6) is 0 Å². The molecule has 100 valence electrons. The topological polar surface area (TPSA) is 84.6 Å². The number of rotatable bonds is 3. The maximum absolute atomic E-state index is 11.3. The number of carboxylic acid groups (broad SMARTS) is 1. The number of hydrogen-bond donors (Lipinski definition) is 2. The van der Waals surface area contributed by atoms with Crippen LogP contribution in [-0.2, 0) is 11.2 Å². The molecule has 1 aromatic carbocycles. The lowest BCUT2D eigenvalue weighted by Gasteiger charge is -2.29. The fraction of sp³-hybridized carbons (Fsp3) is 0.385. The number of fused-ring (bicyclic) bond motifs is 1. The number of benzene rings is 1. The Balaban J connectivity index is 2.46. The Morgan fingerprint density at radius 1 is 1.58 bits per heavy atom. The van der Waals surface area contributed by atoms with Crippen LogP contribution in [0.4, 0.5) is 5.69 Å². The second kappa shape index (κ2) is 5.08. The number of aliphatic hydroxyl groups excluding tert-OH is 1. The number of carboxylic acids is 1. The van der Waals surface area contributed by atoms with Crippen LogP contribution in [0.1, 0.15) is 18.1 Å². The minimum atomic E-state index is -1.08. The molecule has 0 aliphatic carbocycles. The van der Waals surface area contributed by atoms with Crippen LogP contribution in [0.2, 0.25) is 5.02 Å². The smallest absolute Gasteiger partial charge is 0.329 e. The van der Waals surface area contributed by atoms with E-state index in [1.807, 2.05) is 6.07 Å². The van der Waals surface area contributed by atoms with Gasteiger partial charge >= 0.3 is 5.97 Å². The van der Waals surface area contributed by atoms with E-state index in [4.69, 9.17) is 16.9 Å². The molecule has 2 atom stereocenters. The average molecular weight is 281 g/mol. The van der Waals surface area contributed by atoms with Crippen molar-refractivity contribution in [3.8, 4) is 6.07 Å². The molecule has 0 bridgehead atoms. The molecule has 0 saturated heterocycles. The fourth-order valence-corrected chi connectivity index (χ4v) is 2.74. The van der Waals surface area contributed by atoms with Crippen LogP contribution in [-0.4, -0.2) is 34.9 Å². The minimum Gasteiger partial charge on any atom is -0.480 e. The van der Waals surface area contributed by atoms with E-state index >= 15 is 0 Å². The Bertz CT molecular complexity index is 566. The van der Waals surface area contributed by atoms with Gasteiger partial charge in [-0.3, -0.25) is 0 Å². The van der Waals surface area contributed by atoms with Gasteiger partial charge in [0.2, 0.25) is 0 Å². The number of aliphatic carboxylic acids is 1. The highest BCUT2D eigenvalue weighted by molar-refractivity contribution is 6.33. The van der Waals surface area contributed by atoms with E-state index in [1.54, 1.807) is 17.0 Å². The molecule has 0 spiro atoms. The second-order valence-corrected chi connectivity index (χ2v) is 4.88. The van der Waals surface area contributed by atoms with Gasteiger partial charge in [0, 0.05) is 12.2 Å². The summed E-state index contributed by atoms with van der Waals surface area (Å²) in [6.07, 6.45) is -0.432. The molecule has 0 unspecified atom stereocenters. The third-order valence-corrected chi connectivity index (χ3v) is 3.73. The summed E-state index contributed by atoms with van der Waals surface area (Å²) in [6, 6.07) is 4.24. The molecule has 1 aliphatic rings. The van der Waals surface area contributed by atoms with Crippen LogP contribution in [0, 0.1) is 11.3 Å². The zero-order valence-corrected chi connectivity index (χ0v) is 11.1. The van der Waals surface area contributed by atoms with Crippen molar-refractivity contribution in [2.75, 3.05) is 11.4 Å². The predicted octanol–water partition coefficient (Wildman–Crippen LogP) is 1.41. The number of nitrogens with zero attached hydrogens (tertiary/aromatic N) is 2. The molecule has 1 heterocycles. The number of nitriles is 1. The normalized spacial score (nSPS) is 16.6. The molecule has 1 aliphatic heterocycles. The number of halogens is 1. The monoisotopic (exact) mass is 280 g/mol. The van der Waals surface area contributed by atoms with Crippen molar-refractivity contribution in [2.24, 2.45) is 0 Å². The molecular formula is C13H13ClN2O3. The molecule has 6 heteroatoms. The van der Waals surface area contributed by atoms with Gasteiger partial charge in [0.1, 0.15) is 6.07 Å². The molecule has 0 saturated carbocycles. The summed E-state index contributed by atoms with van der Waals surface area (Å²) >= 11 is 6.12. The molecule has 0 amide bonds. The van der Waals surface area contributed by atoms with E-state index in [0.717, 1.165) is 5.56 Å². The highest BCUT2D eigenvalue weighted by Crippen LogP contribution is 2.37. The maximum Gasteiger partial charge on any atom is 0.329 e. The van der Waals surface area contributed by atoms with Gasteiger partial charge < -0.3 is 15.1 Å². The zero-order valence-electron chi connectivity index (χ0n) is 10.3. The van der Waals surface area contributed by atoms with E-state index in [-0.39, 0.29) is 0 Å². The Morgan fingerprint density at radius 3 is 2.79 bits per heavy atom. The third kappa shape index (κ3) is 2.25. The van der Waals surface area contributed by atoms with Gasteiger partial charge in [-0.15, -0.1) is 0 Å². The second-order valence-electron chi connectivity index (χ2n) is 4.50. The van der Waals surface area contributed by atoms with Gasteiger partial charge in [0.15, 0.2) is 6.04 Å². The summed E-state index contributed by atoms with van der Waals surface area (Å²) in [7, 11) is 0. The van der Waals surface area contributed by atoms with Crippen molar-refractivity contribution in [3.05, 3.63) is 28.3 Å². The van der Waals surface area contributed by atoms with Crippen LogP contribution >= 0.6 is 11.6 Å². The molecule has 1 aromatic rings. The fourth-order valence-electron chi connectivity index (χ4n) is 2.45. The molecule has 0 fully saturated rings. The molecular weight excluding hydrogens is 268 g/mol. The lowest BCUT2D eigenvalue weighted by Crippen LogP contribution is -2.47. The third-order valence-electron chi connectivity index (χ3n) is 3.30. The van der Waals surface area contributed by atoms with E-state index in [1.165, 1.54) is 6.92 Å². The summed E-state index contributed by atoms with van der Waals surface area (Å²) < 4.78 is 0. The maximum atomic E-state index is 11.3. The van der Waals surface area contributed by atoms with E-state index in [9.17, 15) is 15.0 Å². The predicted molar refractivity (Wildman–Crippen MR) is 70.3 cm³/mol. The summed E-state index contributed by atoms with van der Waals surface area (Å²) in [4.78, 5) is 12.9. The first-order chi connectivity index (χ1) is 8.97. The van der Waals surface area contributed by atoms with Crippen LogP contribution in [0.3, 0.4) is 0 Å². The Morgan fingerprint density at radius 2 is 2.26 bits per heavy atom. The van der Waals surface area contributed by atoms with Crippen LogP contribution < -0.4 is 4.90 Å². The lowest BCUT2D eigenvalue weighted by atomic mass is 10.1. The highest BCUT2D eigenvalue weighted by atomic mass is 35.5. The molecule has 0 radical (unpaired) electrons. The minimum absolute atomic E-state index is 0.372. The molecule has 2 N–H and O–H groups in total. The Hall–Kier alpha value is -1.77. The molecule has 19 heavy (non-hydrogen) atoms. The number of hydrogen-bond acceptors (Lipinski definition) is 4. The Kier molecular flexibility index (Phi) is 3.65. The summed E-state index contributed by atoms with van der Waals surface area (Å²) in [6.45, 7) is 1.91.